The van der Waals surface area contributed by atoms with E-state index in [0.29, 0.717) is 18.7 Å². The van der Waals surface area contributed by atoms with Crippen molar-refractivity contribution in [3.63, 3.8) is 0 Å². The lowest BCUT2D eigenvalue weighted by Gasteiger charge is -2.24. The number of carbonyl (C=O) groups is 2. The third kappa shape index (κ3) is 4.49. The predicted octanol–water partition coefficient (Wildman–Crippen LogP) is 3.46. The fourth-order valence-corrected chi connectivity index (χ4v) is 5.59. The van der Waals surface area contributed by atoms with Gasteiger partial charge in [-0.05, 0) is 36.6 Å². The lowest BCUT2D eigenvalue weighted by molar-refractivity contribution is -0.125. The fraction of sp³-hybridized carbons (Fsp3) is 0.259. The Balaban J connectivity index is 1.31. The maximum absolute atomic E-state index is 13.6. The molecule has 4 aromatic rings. The van der Waals surface area contributed by atoms with Crippen LogP contribution in [0.4, 0.5) is 0 Å². The maximum Gasteiger partial charge on any atom is 0.271 e. The number of nitriles is 1. The molecule has 9 heteroatoms. The highest BCUT2D eigenvalue weighted by molar-refractivity contribution is 7.13. The van der Waals surface area contributed by atoms with Gasteiger partial charge in [-0.2, -0.15) is 5.26 Å². The number of thiazole rings is 1. The number of para-hydroxylation sites is 1. The molecule has 182 valence electrons. The van der Waals surface area contributed by atoms with E-state index in [0.717, 1.165) is 32.6 Å². The molecular weight excluding hydrogens is 472 g/mol. The highest BCUT2D eigenvalue weighted by Crippen LogP contribution is 2.28. The van der Waals surface area contributed by atoms with Crippen molar-refractivity contribution in [2.24, 2.45) is 5.73 Å². The Kier molecular flexibility index (Phi) is 6.55. The molecule has 0 radical (unpaired) electrons. The number of hydrogen-bond acceptors (Lipinski definition) is 6. The van der Waals surface area contributed by atoms with Crippen molar-refractivity contribution in [2.45, 2.75) is 38.5 Å². The first kappa shape index (κ1) is 23.7. The van der Waals surface area contributed by atoms with Gasteiger partial charge >= 0.3 is 0 Å². The van der Waals surface area contributed by atoms with Crippen molar-refractivity contribution in [1.29, 1.82) is 5.26 Å². The summed E-state index contributed by atoms with van der Waals surface area (Å²) in [5, 5.41) is 13.2. The van der Waals surface area contributed by atoms with Crippen LogP contribution in [0.25, 0.3) is 21.3 Å². The van der Waals surface area contributed by atoms with Crippen molar-refractivity contribution in [1.82, 2.24) is 19.8 Å². The fourth-order valence-electron chi connectivity index (χ4n) is 4.78. The van der Waals surface area contributed by atoms with E-state index in [-0.39, 0.29) is 30.9 Å². The second kappa shape index (κ2) is 9.93. The molecule has 0 unspecified atom stereocenters. The van der Waals surface area contributed by atoms with Crippen LogP contribution in [0.3, 0.4) is 0 Å². The summed E-state index contributed by atoms with van der Waals surface area (Å²) in [6, 6.07) is 18.5. The van der Waals surface area contributed by atoms with Gasteiger partial charge in [0.15, 0.2) is 0 Å². The number of benzene rings is 2. The molecular formula is C27H26N6O2S. The Morgan fingerprint density at radius 3 is 2.72 bits per heavy atom. The monoisotopic (exact) mass is 498 g/mol. The third-order valence-corrected chi connectivity index (χ3v) is 7.56. The van der Waals surface area contributed by atoms with E-state index in [1.165, 1.54) is 4.90 Å². The van der Waals surface area contributed by atoms with Crippen molar-refractivity contribution in [3.05, 3.63) is 77.1 Å². The SMILES string of the molecule is Cc1ncsc1-c1ccc(CNC(=O)[C@@H]2C[C@@H](N)CN2C(=O)c2cc3ccccc3n2CC#N)cc1. The number of nitrogens with one attached hydrogen (secondary N) is 1. The Morgan fingerprint density at radius 1 is 1.22 bits per heavy atom. The lowest BCUT2D eigenvalue weighted by atomic mass is 10.1. The molecule has 0 saturated carbocycles. The zero-order chi connectivity index (χ0) is 25.2. The summed E-state index contributed by atoms with van der Waals surface area (Å²) in [6.45, 7) is 2.67. The molecule has 3 heterocycles. The average Bonchev–Trinajstić information content (AvgIpc) is 3.60. The van der Waals surface area contributed by atoms with E-state index >= 15 is 0 Å². The normalized spacial score (nSPS) is 17.3. The van der Waals surface area contributed by atoms with E-state index in [9.17, 15) is 14.9 Å². The third-order valence-electron chi connectivity index (χ3n) is 6.58. The van der Waals surface area contributed by atoms with Crippen LogP contribution in [0.2, 0.25) is 0 Å². The van der Waals surface area contributed by atoms with Crippen LogP contribution in [-0.4, -0.2) is 44.9 Å². The summed E-state index contributed by atoms with van der Waals surface area (Å²) in [6.07, 6.45) is 0.389. The molecule has 2 amide bonds. The quantitative estimate of drug-likeness (QED) is 0.422. The predicted molar refractivity (Wildman–Crippen MR) is 139 cm³/mol. The van der Waals surface area contributed by atoms with E-state index in [4.69, 9.17) is 5.73 Å². The molecule has 2 atom stereocenters. The summed E-state index contributed by atoms with van der Waals surface area (Å²) < 4.78 is 1.70. The first-order valence-corrected chi connectivity index (χ1v) is 12.6. The van der Waals surface area contributed by atoms with Gasteiger partial charge in [-0.3, -0.25) is 9.59 Å². The summed E-state index contributed by atoms with van der Waals surface area (Å²) in [4.78, 5) is 33.7. The van der Waals surface area contributed by atoms with Gasteiger partial charge in [-0.25, -0.2) is 4.98 Å². The minimum absolute atomic E-state index is 0.0440. The lowest BCUT2D eigenvalue weighted by Crippen LogP contribution is -2.46. The topological polar surface area (TPSA) is 117 Å². The largest absolute Gasteiger partial charge is 0.350 e. The summed E-state index contributed by atoms with van der Waals surface area (Å²) >= 11 is 1.60. The Labute approximate surface area is 213 Å². The Morgan fingerprint density at radius 2 is 2.00 bits per heavy atom. The van der Waals surface area contributed by atoms with Crippen LogP contribution in [0.1, 0.15) is 28.2 Å². The molecule has 1 aliphatic rings. The molecule has 1 aliphatic heterocycles. The minimum Gasteiger partial charge on any atom is -0.350 e. The molecule has 2 aromatic heterocycles. The number of amides is 2. The van der Waals surface area contributed by atoms with Gasteiger partial charge in [0.05, 0.1) is 22.2 Å². The second-order valence-electron chi connectivity index (χ2n) is 8.98. The number of likely N-dealkylation sites (tertiary alicyclic amines) is 1. The average molecular weight is 499 g/mol. The highest BCUT2D eigenvalue weighted by Gasteiger charge is 2.39. The number of rotatable bonds is 6. The van der Waals surface area contributed by atoms with Gasteiger partial charge in [0.2, 0.25) is 5.91 Å². The number of hydrogen-bond donors (Lipinski definition) is 2. The number of nitrogens with zero attached hydrogens (tertiary/aromatic N) is 4. The van der Waals surface area contributed by atoms with Crippen LogP contribution in [0.5, 0.6) is 0 Å². The van der Waals surface area contributed by atoms with Crippen molar-refractivity contribution < 1.29 is 9.59 Å². The van der Waals surface area contributed by atoms with E-state index in [2.05, 4.69) is 16.4 Å². The minimum atomic E-state index is -0.667. The molecule has 5 rings (SSSR count). The summed E-state index contributed by atoms with van der Waals surface area (Å²) in [7, 11) is 0. The van der Waals surface area contributed by atoms with Crippen molar-refractivity contribution in [3.8, 4) is 16.5 Å². The molecule has 0 aliphatic carbocycles. The molecule has 1 fully saturated rings. The van der Waals surface area contributed by atoms with Crippen molar-refractivity contribution >= 4 is 34.1 Å². The number of nitrogens with two attached hydrogens (primary N) is 1. The van der Waals surface area contributed by atoms with Gasteiger partial charge in [0.1, 0.15) is 18.3 Å². The number of aryl methyl sites for hydroxylation is 1. The molecule has 1 saturated heterocycles. The number of aromatic nitrogens is 2. The van der Waals surface area contributed by atoms with Gasteiger partial charge < -0.3 is 20.5 Å². The van der Waals surface area contributed by atoms with Crippen LogP contribution < -0.4 is 11.1 Å². The second-order valence-corrected chi connectivity index (χ2v) is 9.84. The van der Waals surface area contributed by atoms with Crippen molar-refractivity contribution in [2.75, 3.05) is 6.54 Å². The molecule has 3 N–H and O–H groups in total. The van der Waals surface area contributed by atoms with Crippen LogP contribution >= 0.6 is 11.3 Å². The van der Waals surface area contributed by atoms with Crippen LogP contribution in [0.15, 0.2) is 60.1 Å². The van der Waals surface area contributed by atoms with E-state index in [1.807, 2.05) is 61.0 Å². The van der Waals surface area contributed by atoms with Crippen LogP contribution in [-0.2, 0) is 17.9 Å². The van der Waals surface area contributed by atoms with Gasteiger partial charge in [0, 0.05) is 30.0 Å². The smallest absolute Gasteiger partial charge is 0.271 e. The molecule has 8 nitrogen and oxygen atoms in total. The van der Waals surface area contributed by atoms with Gasteiger partial charge in [-0.1, -0.05) is 42.5 Å². The van der Waals surface area contributed by atoms with Gasteiger partial charge in [0.25, 0.3) is 5.91 Å². The Bertz CT molecular complexity index is 1470. The first-order valence-electron chi connectivity index (χ1n) is 11.7. The summed E-state index contributed by atoms with van der Waals surface area (Å²) in [5.74, 6) is -0.527. The number of carbonyl (C=O) groups excluding carboxylic acids is 2. The molecule has 0 bridgehead atoms. The summed E-state index contributed by atoms with van der Waals surface area (Å²) in [5.41, 5.74) is 12.3. The van der Waals surface area contributed by atoms with E-state index in [1.54, 1.807) is 22.0 Å². The molecule has 2 aromatic carbocycles. The van der Waals surface area contributed by atoms with E-state index < -0.39 is 6.04 Å². The first-order chi connectivity index (χ1) is 17.5. The number of fused-ring (bicyclic) bond motifs is 1. The molecule has 0 spiro atoms. The maximum atomic E-state index is 13.6. The van der Waals surface area contributed by atoms with Gasteiger partial charge in [-0.15, -0.1) is 11.3 Å². The van der Waals surface area contributed by atoms with Crippen LogP contribution in [0, 0.1) is 18.3 Å². The zero-order valence-corrected chi connectivity index (χ0v) is 20.7. The Hall–Kier alpha value is -4.00. The highest BCUT2D eigenvalue weighted by atomic mass is 32.1. The molecule has 36 heavy (non-hydrogen) atoms. The standard InChI is InChI=1S/C27H26N6O2S/c1-17-25(36-16-31-17)19-8-6-18(7-9-19)14-30-26(34)23-13-21(29)15-33(23)27(35)24-12-20-4-2-3-5-22(20)32(24)11-10-28/h2-9,12,16,21,23H,11,13-15,29H2,1H3,(H,30,34)/t21-,23+/m1/s1. The zero-order valence-electron chi connectivity index (χ0n) is 19.8.